The number of hydrogen-bond acceptors (Lipinski definition) is 5. The Morgan fingerprint density at radius 2 is 1.77 bits per heavy atom. The van der Waals surface area contributed by atoms with Crippen molar-refractivity contribution in [3.05, 3.63) is 54.1 Å². The number of ether oxygens (including phenoxy) is 1. The highest BCUT2D eigenvalue weighted by molar-refractivity contribution is 7.99. The monoisotopic (exact) mass is 372 g/mol. The summed E-state index contributed by atoms with van der Waals surface area (Å²) < 4.78 is 4.80. The Kier molecular flexibility index (Phi) is 8.02. The Bertz CT molecular complexity index is 749. The predicted octanol–water partition coefficient (Wildman–Crippen LogP) is 4.35. The molecule has 0 atom stereocenters. The van der Waals surface area contributed by atoms with E-state index in [4.69, 9.17) is 10.5 Å². The van der Waals surface area contributed by atoms with Gasteiger partial charge in [-0.3, -0.25) is 4.79 Å². The van der Waals surface area contributed by atoms with Crippen LogP contribution in [0.3, 0.4) is 0 Å². The number of esters is 1. The molecular formula is C20H24N2O3S. The molecule has 0 bridgehead atoms. The van der Waals surface area contributed by atoms with Gasteiger partial charge in [-0.2, -0.15) is 0 Å². The van der Waals surface area contributed by atoms with Crippen LogP contribution in [0.25, 0.3) is 0 Å². The van der Waals surface area contributed by atoms with E-state index in [1.807, 2.05) is 30.3 Å². The Hall–Kier alpha value is -2.47. The second kappa shape index (κ2) is 10.5. The highest BCUT2D eigenvalue weighted by Crippen LogP contribution is 2.24. The van der Waals surface area contributed by atoms with Crippen LogP contribution < -0.4 is 11.1 Å². The van der Waals surface area contributed by atoms with E-state index in [0.29, 0.717) is 23.4 Å². The zero-order valence-electron chi connectivity index (χ0n) is 14.9. The zero-order chi connectivity index (χ0) is 18.8. The first kappa shape index (κ1) is 19.8. The van der Waals surface area contributed by atoms with Gasteiger partial charge in [0.2, 0.25) is 5.91 Å². The number of nitrogens with one attached hydrogen (secondary N) is 1. The van der Waals surface area contributed by atoms with Crippen molar-refractivity contribution in [1.82, 2.24) is 0 Å². The molecule has 0 spiro atoms. The van der Waals surface area contributed by atoms with Gasteiger partial charge in [0.15, 0.2) is 0 Å². The molecular weight excluding hydrogens is 348 g/mol. The van der Waals surface area contributed by atoms with Crippen LogP contribution in [-0.4, -0.2) is 24.7 Å². The van der Waals surface area contributed by atoms with E-state index in [1.165, 1.54) is 7.11 Å². The lowest BCUT2D eigenvalue weighted by atomic mass is 10.2. The number of carbonyl (C=O) groups excluding carboxylic acids is 2. The van der Waals surface area contributed by atoms with Gasteiger partial charge in [0, 0.05) is 11.3 Å². The van der Waals surface area contributed by atoms with Crippen LogP contribution in [0.4, 0.5) is 11.4 Å². The van der Waals surface area contributed by atoms with Gasteiger partial charge in [-0.25, -0.2) is 4.79 Å². The van der Waals surface area contributed by atoms with E-state index in [1.54, 1.807) is 30.0 Å². The summed E-state index contributed by atoms with van der Waals surface area (Å²) in [4.78, 5) is 24.6. The average molecular weight is 372 g/mol. The summed E-state index contributed by atoms with van der Waals surface area (Å²) in [5, 5.41) is 2.83. The van der Waals surface area contributed by atoms with E-state index < -0.39 is 0 Å². The second-order valence-corrected chi connectivity index (χ2v) is 6.92. The summed E-state index contributed by atoms with van der Waals surface area (Å²) in [6, 6.07) is 14.7. The number of carbonyl (C=O) groups is 2. The van der Waals surface area contributed by atoms with Gasteiger partial charge in [-0.15, -0.1) is 11.8 Å². The van der Waals surface area contributed by atoms with Crippen LogP contribution in [-0.2, 0) is 9.53 Å². The maximum atomic E-state index is 11.9. The molecule has 0 heterocycles. The third-order valence-corrected chi connectivity index (χ3v) is 4.99. The molecule has 0 aliphatic heterocycles. The number of para-hydroxylation sites is 2. The molecule has 0 radical (unpaired) electrons. The summed E-state index contributed by atoms with van der Waals surface area (Å²) in [5.74, 6) is 0.554. The lowest BCUT2D eigenvalue weighted by Crippen LogP contribution is -2.12. The van der Waals surface area contributed by atoms with E-state index in [2.05, 4.69) is 5.32 Å². The summed E-state index contributed by atoms with van der Waals surface area (Å²) in [6.45, 7) is 0. The number of unbranched alkanes of at least 4 members (excludes halogenated alkanes) is 2. The minimum Gasteiger partial charge on any atom is -0.465 e. The molecule has 0 saturated carbocycles. The smallest absolute Gasteiger partial charge is 0.338 e. The van der Waals surface area contributed by atoms with E-state index in [-0.39, 0.29) is 11.9 Å². The summed E-state index contributed by atoms with van der Waals surface area (Å²) >= 11 is 1.64. The third-order valence-electron chi connectivity index (χ3n) is 3.83. The minimum atomic E-state index is -0.315. The van der Waals surface area contributed by atoms with Crippen molar-refractivity contribution in [3.63, 3.8) is 0 Å². The van der Waals surface area contributed by atoms with Gasteiger partial charge in [-0.1, -0.05) is 30.7 Å². The molecule has 0 fully saturated rings. The van der Waals surface area contributed by atoms with Crippen molar-refractivity contribution in [3.8, 4) is 0 Å². The van der Waals surface area contributed by atoms with Gasteiger partial charge in [0.05, 0.1) is 24.0 Å². The SMILES string of the molecule is COC(=O)c1ccccc1SCCCCCC(=O)Nc1ccccc1N. The van der Waals surface area contributed by atoms with Gasteiger partial charge in [-0.05, 0) is 42.9 Å². The second-order valence-electron chi connectivity index (χ2n) is 5.78. The molecule has 2 aromatic carbocycles. The van der Waals surface area contributed by atoms with Crippen molar-refractivity contribution in [1.29, 1.82) is 0 Å². The number of anilines is 2. The van der Waals surface area contributed by atoms with Crippen molar-refractivity contribution >= 4 is 35.0 Å². The first-order valence-corrected chi connectivity index (χ1v) is 9.55. The van der Waals surface area contributed by atoms with Crippen LogP contribution in [0.1, 0.15) is 36.0 Å². The number of hydrogen-bond donors (Lipinski definition) is 2. The van der Waals surface area contributed by atoms with Crippen LogP contribution in [0.15, 0.2) is 53.4 Å². The van der Waals surface area contributed by atoms with E-state index in [9.17, 15) is 9.59 Å². The van der Waals surface area contributed by atoms with Crippen LogP contribution >= 0.6 is 11.8 Å². The normalized spacial score (nSPS) is 10.3. The lowest BCUT2D eigenvalue weighted by Gasteiger charge is -2.08. The highest BCUT2D eigenvalue weighted by Gasteiger charge is 2.11. The van der Waals surface area contributed by atoms with Gasteiger partial charge in [0.1, 0.15) is 0 Å². The largest absolute Gasteiger partial charge is 0.465 e. The first-order chi connectivity index (χ1) is 12.6. The molecule has 2 aromatic rings. The molecule has 0 aromatic heterocycles. The fourth-order valence-corrected chi connectivity index (χ4v) is 3.49. The molecule has 0 unspecified atom stereocenters. The van der Waals surface area contributed by atoms with Crippen LogP contribution in [0.2, 0.25) is 0 Å². The molecule has 6 heteroatoms. The van der Waals surface area contributed by atoms with Crippen molar-refractivity contribution in [2.45, 2.75) is 30.6 Å². The maximum Gasteiger partial charge on any atom is 0.338 e. The van der Waals surface area contributed by atoms with Crippen molar-refractivity contribution in [2.24, 2.45) is 0 Å². The fraction of sp³-hybridized carbons (Fsp3) is 0.300. The molecule has 138 valence electrons. The molecule has 26 heavy (non-hydrogen) atoms. The molecule has 2 rings (SSSR count). The topological polar surface area (TPSA) is 81.4 Å². The predicted molar refractivity (Wildman–Crippen MR) is 106 cm³/mol. The summed E-state index contributed by atoms with van der Waals surface area (Å²) in [5.41, 5.74) is 7.64. The summed E-state index contributed by atoms with van der Waals surface area (Å²) in [6.07, 6.45) is 3.21. The molecule has 0 aliphatic carbocycles. The van der Waals surface area contributed by atoms with Gasteiger partial charge in [0.25, 0.3) is 0 Å². The van der Waals surface area contributed by atoms with Gasteiger partial charge < -0.3 is 15.8 Å². The molecule has 0 saturated heterocycles. The molecule has 0 aliphatic rings. The van der Waals surface area contributed by atoms with Crippen molar-refractivity contribution in [2.75, 3.05) is 23.9 Å². The number of methoxy groups -OCH3 is 1. The van der Waals surface area contributed by atoms with Crippen LogP contribution in [0.5, 0.6) is 0 Å². The van der Waals surface area contributed by atoms with Gasteiger partial charge >= 0.3 is 5.97 Å². The Morgan fingerprint density at radius 1 is 1.04 bits per heavy atom. The molecule has 1 amide bonds. The van der Waals surface area contributed by atoms with E-state index in [0.717, 1.165) is 29.9 Å². The minimum absolute atomic E-state index is 0.0217. The van der Waals surface area contributed by atoms with Crippen LogP contribution in [0, 0.1) is 0 Å². The number of thioether (sulfide) groups is 1. The molecule has 5 nitrogen and oxygen atoms in total. The lowest BCUT2D eigenvalue weighted by molar-refractivity contribution is -0.116. The number of rotatable bonds is 9. The number of amides is 1. The number of nitrogens with two attached hydrogens (primary N) is 1. The quantitative estimate of drug-likeness (QED) is 0.296. The highest BCUT2D eigenvalue weighted by atomic mass is 32.2. The number of nitrogen functional groups attached to an aromatic ring is 1. The van der Waals surface area contributed by atoms with E-state index >= 15 is 0 Å². The first-order valence-electron chi connectivity index (χ1n) is 8.56. The molecule has 3 N–H and O–H groups in total. The maximum absolute atomic E-state index is 11.9. The third kappa shape index (κ3) is 6.11. The zero-order valence-corrected chi connectivity index (χ0v) is 15.7. The number of benzene rings is 2. The Labute approximate surface area is 158 Å². The standard InChI is InChI=1S/C20H24N2O3S/c1-25-20(24)15-9-4-7-12-18(15)26-14-8-2-3-13-19(23)22-17-11-6-5-10-16(17)21/h4-7,9-12H,2-3,8,13-14,21H2,1H3,(H,22,23). The average Bonchev–Trinajstić information content (AvgIpc) is 2.66. The Morgan fingerprint density at radius 3 is 2.54 bits per heavy atom. The van der Waals surface area contributed by atoms with Crippen molar-refractivity contribution < 1.29 is 14.3 Å². The Balaban J connectivity index is 1.66. The summed E-state index contributed by atoms with van der Waals surface area (Å²) in [7, 11) is 1.39. The fourth-order valence-electron chi connectivity index (χ4n) is 2.44.